The van der Waals surface area contributed by atoms with Gasteiger partial charge in [0.05, 0.1) is 7.11 Å². The second kappa shape index (κ2) is 10.3. The van der Waals surface area contributed by atoms with Crippen molar-refractivity contribution in [1.82, 2.24) is 10.3 Å². The predicted molar refractivity (Wildman–Crippen MR) is 124 cm³/mol. The molecule has 0 bridgehead atoms. The summed E-state index contributed by atoms with van der Waals surface area (Å²) in [5.74, 6) is 0.379. The molecule has 1 amide bonds. The quantitative estimate of drug-likeness (QED) is 0.674. The van der Waals surface area contributed by atoms with Gasteiger partial charge in [0.15, 0.2) is 0 Å². The van der Waals surface area contributed by atoms with Gasteiger partial charge in [-0.15, -0.1) is 0 Å². The zero-order chi connectivity index (χ0) is 22.5. The maximum Gasteiger partial charge on any atom is 0.251 e. The Kier molecular flexibility index (Phi) is 7.79. The molecule has 0 saturated carbocycles. The number of methoxy groups -OCH3 is 1. The smallest absolute Gasteiger partial charge is 0.251 e. The van der Waals surface area contributed by atoms with Crippen molar-refractivity contribution < 1.29 is 14.3 Å². The highest BCUT2D eigenvalue weighted by molar-refractivity contribution is 6.31. The maximum atomic E-state index is 13.1. The minimum atomic E-state index is -0.161. The third-order valence-electron chi connectivity index (χ3n) is 5.93. The Labute approximate surface area is 189 Å². The summed E-state index contributed by atoms with van der Waals surface area (Å²) in [5, 5.41) is 3.58. The minimum Gasteiger partial charge on any atom is -0.481 e. The van der Waals surface area contributed by atoms with E-state index in [9.17, 15) is 4.79 Å². The third-order valence-corrected chi connectivity index (χ3v) is 6.15. The molecule has 0 radical (unpaired) electrons. The first-order valence-corrected chi connectivity index (χ1v) is 11.2. The highest BCUT2D eigenvalue weighted by Crippen LogP contribution is 2.31. The Morgan fingerprint density at radius 2 is 1.97 bits per heavy atom. The van der Waals surface area contributed by atoms with E-state index in [2.05, 4.69) is 22.1 Å². The molecule has 0 spiro atoms. The van der Waals surface area contributed by atoms with E-state index in [0.29, 0.717) is 29.1 Å². The second-order valence-corrected chi connectivity index (χ2v) is 8.41. The van der Waals surface area contributed by atoms with Gasteiger partial charge in [-0.05, 0) is 69.9 Å². The van der Waals surface area contributed by atoms with Crippen molar-refractivity contribution in [2.45, 2.75) is 53.1 Å². The van der Waals surface area contributed by atoms with Crippen molar-refractivity contribution in [1.29, 1.82) is 0 Å². The van der Waals surface area contributed by atoms with Crippen molar-refractivity contribution in [2.24, 2.45) is 0 Å². The zero-order valence-corrected chi connectivity index (χ0v) is 19.8. The summed E-state index contributed by atoms with van der Waals surface area (Å²) in [6.07, 6.45) is 1.95. The molecule has 3 rings (SSSR count). The van der Waals surface area contributed by atoms with Crippen molar-refractivity contribution in [3.8, 4) is 5.88 Å². The van der Waals surface area contributed by atoms with Gasteiger partial charge in [-0.1, -0.05) is 11.6 Å². The van der Waals surface area contributed by atoms with Crippen molar-refractivity contribution in [2.75, 3.05) is 31.8 Å². The van der Waals surface area contributed by atoms with Crippen LogP contribution >= 0.6 is 11.6 Å². The molecule has 1 N–H and O–H groups in total. The Morgan fingerprint density at radius 3 is 2.61 bits per heavy atom. The molecular formula is C24H32ClN3O3. The molecule has 0 atom stereocenters. The number of anilines is 1. The van der Waals surface area contributed by atoms with Gasteiger partial charge in [-0.3, -0.25) is 4.79 Å². The lowest BCUT2D eigenvalue weighted by atomic mass is 10.0. The topological polar surface area (TPSA) is 63.7 Å². The van der Waals surface area contributed by atoms with E-state index < -0.39 is 0 Å². The molecule has 1 aliphatic heterocycles. The van der Waals surface area contributed by atoms with Gasteiger partial charge in [0, 0.05) is 59.9 Å². The summed E-state index contributed by atoms with van der Waals surface area (Å²) in [4.78, 5) is 19.9. The molecular weight excluding hydrogens is 414 g/mol. The number of ether oxygens (including phenoxy) is 2. The number of nitrogens with zero attached hydrogens (tertiary/aromatic N) is 2. The number of amides is 1. The number of aromatic nitrogens is 1. The van der Waals surface area contributed by atoms with Crippen LogP contribution in [0.1, 0.15) is 52.5 Å². The van der Waals surface area contributed by atoms with Crippen LogP contribution in [0.25, 0.3) is 0 Å². The molecule has 1 fully saturated rings. The van der Waals surface area contributed by atoms with Crippen LogP contribution < -0.4 is 15.0 Å². The first-order chi connectivity index (χ1) is 14.8. The van der Waals surface area contributed by atoms with Crippen LogP contribution in [0.4, 0.5) is 5.69 Å². The van der Waals surface area contributed by atoms with Crippen LogP contribution in [-0.4, -0.2) is 43.8 Å². The fraction of sp³-hybridized carbons (Fsp3) is 0.500. The van der Waals surface area contributed by atoms with Crippen molar-refractivity contribution in [3.05, 3.63) is 51.2 Å². The van der Waals surface area contributed by atoms with Crippen LogP contribution in [0, 0.1) is 20.8 Å². The van der Waals surface area contributed by atoms with E-state index in [1.165, 1.54) is 0 Å². The number of pyridine rings is 1. The number of nitrogens with one attached hydrogen (secondary N) is 1. The molecule has 168 valence electrons. The summed E-state index contributed by atoms with van der Waals surface area (Å²) in [7, 11) is 1.59. The van der Waals surface area contributed by atoms with Gasteiger partial charge in [0.2, 0.25) is 5.88 Å². The number of carbonyl (C=O) groups excluding carboxylic acids is 1. The Bertz CT molecular complexity index is 942. The number of benzene rings is 1. The Hall–Kier alpha value is -2.31. The molecule has 1 saturated heterocycles. The lowest BCUT2D eigenvalue weighted by Gasteiger charge is -2.36. The van der Waals surface area contributed by atoms with E-state index in [4.69, 9.17) is 21.1 Å². The van der Waals surface area contributed by atoms with Crippen LogP contribution in [0.15, 0.2) is 18.2 Å². The summed E-state index contributed by atoms with van der Waals surface area (Å²) in [6.45, 7) is 10.7. The lowest BCUT2D eigenvalue weighted by molar-refractivity contribution is 0.0846. The van der Waals surface area contributed by atoms with E-state index in [1.54, 1.807) is 13.2 Å². The monoisotopic (exact) mass is 445 g/mol. The highest BCUT2D eigenvalue weighted by atomic mass is 35.5. The normalized spacial score (nSPS) is 14.4. The number of rotatable bonds is 7. The van der Waals surface area contributed by atoms with Crippen LogP contribution in [0.5, 0.6) is 5.88 Å². The number of hydrogen-bond donors (Lipinski definition) is 1. The number of aryl methyl sites for hydroxylation is 2. The average molecular weight is 446 g/mol. The number of hydrogen-bond acceptors (Lipinski definition) is 5. The predicted octanol–water partition coefficient (Wildman–Crippen LogP) is 4.60. The van der Waals surface area contributed by atoms with Gasteiger partial charge >= 0.3 is 0 Å². The molecule has 31 heavy (non-hydrogen) atoms. The molecule has 2 heterocycles. The van der Waals surface area contributed by atoms with Gasteiger partial charge in [-0.25, -0.2) is 4.98 Å². The van der Waals surface area contributed by atoms with Crippen LogP contribution in [0.2, 0.25) is 5.02 Å². The van der Waals surface area contributed by atoms with E-state index in [1.807, 2.05) is 32.9 Å². The molecule has 2 aromatic rings. The first-order valence-electron chi connectivity index (χ1n) is 10.8. The average Bonchev–Trinajstić information content (AvgIpc) is 2.75. The fourth-order valence-corrected chi connectivity index (χ4v) is 4.51. The molecule has 6 nitrogen and oxygen atoms in total. The largest absolute Gasteiger partial charge is 0.481 e. The molecule has 1 aromatic carbocycles. The lowest BCUT2D eigenvalue weighted by Crippen LogP contribution is -2.40. The zero-order valence-electron chi connectivity index (χ0n) is 19.0. The number of carbonyl (C=O) groups is 1. The first kappa shape index (κ1) is 23.4. The second-order valence-electron chi connectivity index (χ2n) is 7.98. The van der Waals surface area contributed by atoms with Gasteiger partial charge < -0.3 is 19.7 Å². The molecule has 7 heteroatoms. The SMILES string of the molecule is CCN(c1cc(Cl)cc(C(=O)NCc2c(C)cc(C)nc2OC)c1C)C1CCOCC1. The number of halogens is 1. The Balaban J connectivity index is 1.85. The van der Waals surface area contributed by atoms with Crippen molar-refractivity contribution in [3.63, 3.8) is 0 Å². The van der Waals surface area contributed by atoms with E-state index >= 15 is 0 Å². The van der Waals surface area contributed by atoms with Gasteiger partial charge in [-0.2, -0.15) is 0 Å². The summed E-state index contributed by atoms with van der Waals surface area (Å²) in [5.41, 5.74) is 5.32. The molecule has 1 aliphatic rings. The standard InChI is InChI=1S/C24H32ClN3O3/c1-6-28(19-7-9-31-10-8-19)22-13-18(25)12-20(17(22)4)23(29)26-14-21-15(2)11-16(3)27-24(21)30-5/h11-13,19H,6-10,14H2,1-5H3,(H,26,29). The van der Waals surface area contributed by atoms with Crippen LogP contribution in [0.3, 0.4) is 0 Å². The van der Waals surface area contributed by atoms with Crippen molar-refractivity contribution >= 4 is 23.2 Å². The minimum absolute atomic E-state index is 0.161. The van der Waals surface area contributed by atoms with E-state index in [0.717, 1.165) is 60.7 Å². The van der Waals surface area contributed by atoms with Crippen LogP contribution in [-0.2, 0) is 11.3 Å². The summed E-state index contributed by atoms with van der Waals surface area (Å²) in [6, 6.07) is 6.08. The third kappa shape index (κ3) is 5.31. The summed E-state index contributed by atoms with van der Waals surface area (Å²) < 4.78 is 10.9. The van der Waals surface area contributed by atoms with E-state index in [-0.39, 0.29) is 5.91 Å². The Morgan fingerprint density at radius 1 is 1.26 bits per heavy atom. The fourth-order valence-electron chi connectivity index (χ4n) is 4.30. The van der Waals surface area contributed by atoms with Gasteiger partial charge in [0.1, 0.15) is 0 Å². The van der Waals surface area contributed by atoms with Gasteiger partial charge in [0.25, 0.3) is 5.91 Å². The molecule has 0 aliphatic carbocycles. The molecule has 1 aromatic heterocycles. The highest BCUT2D eigenvalue weighted by Gasteiger charge is 2.24. The maximum absolute atomic E-state index is 13.1. The molecule has 0 unspecified atom stereocenters. The summed E-state index contributed by atoms with van der Waals surface area (Å²) >= 11 is 6.45.